The molecule has 0 radical (unpaired) electrons. The lowest BCUT2D eigenvalue weighted by Crippen LogP contribution is -2.25. The zero-order valence-electron chi connectivity index (χ0n) is 12.5. The van der Waals surface area contributed by atoms with E-state index >= 15 is 0 Å². The van der Waals surface area contributed by atoms with Crippen LogP contribution in [0.5, 0.6) is 0 Å². The van der Waals surface area contributed by atoms with Crippen molar-refractivity contribution in [1.82, 2.24) is 5.32 Å². The van der Waals surface area contributed by atoms with Crippen molar-refractivity contribution in [2.24, 2.45) is 5.92 Å². The van der Waals surface area contributed by atoms with Crippen LogP contribution in [-0.2, 0) is 4.79 Å². The second-order valence-corrected chi connectivity index (χ2v) is 5.12. The summed E-state index contributed by atoms with van der Waals surface area (Å²) in [6, 6.07) is 8.32. The maximum atomic E-state index is 11.1. The summed E-state index contributed by atoms with van der Waals surface area (Å²) in [6.07, 6.45) is 2.42. The molecule has 1 atom stereocenters. The molecular weight excluding hydrogens is 236 g/mol. The fourth-order valence-corrected chi connectivity index (χ4v) is 2.13. The van der Waals surface area contributed by atoms with Gasteiger partial charge in [0, 0.05) is 18.7 Å². The number of hydrogen-bond acceptors (Lipinski definition) is 2. The molecule has 1 unspecified atom stereocenters. The molecule has 0 bridgehead atoms. The first-order valence-electron chi connectivity index (χ1n) is 7.17. The molecule has 1 aromatic rings. The molecule has 3 heteroatoms. The zero-order valence-corrected chi connectivity index (χ0v) is 12.5. The maximum absolute atomic E-state index is 11.1. The lowest BCUT2D eigenvalue weighted by Gasteiger charge is -2.19. The average molecular weight is 262 g/mol. The molecule has 1 aromatic carbocycles. The Morgan fingerprint density at radius 3 is 2.53 bits per heavy atom. The first-order chi connectivity index (χ1) is 9.06. The molecule has 106 valence electrons. The van der Waals surface area contributed by atoms with Gasteiger partial charge in [0.1, 0.15) is 0 Å². The Morgan fingerprint density at radius 1 is 1.26 bits per heavy atom. The number of carbonyl (C=O) groups is 1. The number of carbonyl (C=O) groups excluding carboxylic acids is 1. The summed E-state index contributed by atoms with van der Waals surface area (Å²) in [5, 5.41) is 6.39. The molecule has 0 saturated heterocycles. The van der Waals surface area contributed by atoms with Gasteiger partial charge in [-0.25, -0.2) is 0 Å². The molecule has 2 N–H and O–H groups in total. The molecule has 1 rings (SSSR count). The molecule has 0 aromatic heterocycles. The van der Waals surface area contributed by atoms with Gasteiger partial charge in [-0.15, -0.1) is 0 Å². The number of rotatable bonds is 7. The van der Waals surface area contributed by atoms with Gasteiger partial charge in [0.2, 0.25) is 5.91 Å². The first kappa shape index (κ1) is 15.7. The molecule has 1 amide bonds. The molecule has 0 aliphatic rings. The van der Waals surface area contributed by atoms with E-state index in [9.17, 15) is 4.79 Å². The Hall–Kier alpha value is -1.35. The van der Waals surface area contributed by atoms with Crippen LogP contribution in [0.1, 0.15) is 52.1 Å². The molecule has 3 nitrogen and oxygen atoms in total. The van der Waals surface area contributed by atoms with Gasteiger partial charge in [-0.1, -0.05) is 38.8 Å². The minimum absolute atomic E-state index is 0.0326. The standard InChI is InChI=1S/C16H26N2O/c1-5-14(6-2)11-17-12(3)15-8-7-9-16(10-15)18-13(4)19/h7-10,12,14,17H,5-6,11H2,1-4H3,(H,18,19). The number of benzene rings is 1. The molecule has 0 heterocycles. The third-order valence-electron chi connectivity index (χ3n) is 3.57. The monoisotopic (exact) mass is 262 g/mol. The van der Waals surface area contributed by atoms with Crippen LogP contribution in [0.2, 0.25) is 0 Å². The Balaban J connectivity index is 2.61. The molecule has 0 fully saturated rings. The summed E-state index contributed by atoms with van der Waals surface area (Å²) in [6.45, 7) is 9.20. The highest BCUT2D eigenvalue weighted by Crippen LogP contribution is 2.18. The predicted octanol–water partition coefficient (Wildman–Crippen LogP) is 3.73. The van der Waals surface area contributed by atoms with Crippen LogP contribution in [0.25, 0.3) is 0 Å². The number of anilines is 1. The van der Waals surface area contributed by atoms with Crippen LogP contribution >= 0.6 is 0 Å². The fraction of sp³-hybridized carbons (Fsp3) is 0.562. The van der Waals surface area contributed by atoms with Crippen LogP contribution in [0.15, 0.2) is 24.3 Å². The summed E-state index contributed by atoms with van der Waals surface area (Å²) in [4.78, 5) is 11.1. The van der Waals surface area contributed by atoms with Gasteiger partial charge in [0.25, 0.3) is 0 Å². The van der Waals surface area contributed by atoms with Crippen LogP contribution in [-0.4, -0.2) is 12.5 Å². The van der Waals surface area contributed by atoms with E-state index in [1.807, 2.05) is 18.2 Å². The van der Waals surface area contributed by atoms with E-state index in [1.54, 1.807) is 0 Å². The summed E-state index contributed by atoms with van der Waals surface area (Å²) in [5.41, 5.74) is 2.07. The summed E-state index contributed by atoms with van der Waals surface area (Å²) in [7, 11) is 0. The molecular formula is C16H26N2O. The third kappa shape index (κ3) is 5.43. The van der Waals surface area contributed by atoms with Crippen LogP contribution in [0.4, 0.5) is 5.69 Å². The minimum Gasteiger partial charge on any atom is -0.326 e. The maximum Gasteiger partial charge on any atom is 0.221 e. The van der Waals surface area contributed by atoms with Crippen LogP contribution < -0.4 is 10.6 Å². The zero-order chi connectivity index (χ0) is 14.3. The van der Waals surface area contributed by atoms with Crippen molar-refractivity contribution in [2.45, 2.75) is 46.6 Å². The van der Waals surface area contributed by atoms with Gasteiger partial charge in [0.15, 0.2) is 0 Å². The van der Waals surface area contributed by atoms with Crippen molar-refractivity contribution >= 4 is 11.6 Å². The van der Waals surface area contributed by atoms with E-state index in [2.05, 4.69) is 37.5 Å². The van der Waals surface area contributed by atoms with E-state index < -0.39 is 0 Å². The highest BCUT2D eigenvalue weighted by molar-refractivity contribution is 5.88. The first-order valence-corrected chi connectivity index (χ1v) is 7.17. The lowest BCUT2D eigenvalue weighted by molar-refractivity contribution is -0.114. The normalized spacial score (nSPS) is 12.5. The van der Waals surface area contributed by atoms with Crippen LogP contribution in [0, 0.1) is 5.92 Å². The van der Waals surface area contributed by atoms with E-state index in [-0.39, 0.29) is 5.91 Å². The van der Waals surface area contributed by atoms with Crippen molar-refractivity contribution in [1.29, 1.82) is 0 Å². The van der Waals surface area contributed by atoms with Gasteiger partial charge in [-0.2, -0.15) is 0 Å². The molecule has 19 heavy (non-hydrogen) atoms. The van der Waals surface area contributed by atoms with Crippen molar-refractivity contribution in [3.05, 3.63) is 29.8 Å². The van der Waals surface area contributed by atoms with Crippen LogP contribution in [0.3, 0.4) is 0 Å². The quantitative estimate of drug-likeness (QED) is 0.786. The Bertz CT molecular complexity index is 399. The summed E-state index contributed by atoms with van der Waals surface area (Å²) >= 11 is 0. The Labute approximate surface area is 116 Å². The van der Waals surface area contributed by atoms with Gasteiger partial charge in [0.05, 0.1) is 0 Å². The summed E-state index contributed by atoms with van der Waals surface area (Å²) < 4.78 is 0. The number of amides is 1. The topological polar surface area (TPSA) is 41.1 Å². The van der Waals surface area contributed by atoms with Crippen molar-refractivity contribution in [2.75, 3.05) is 11.9 Å². The molecule has 0 aliphatic heterocycles. The lowest BCUT2D eigenvalue weighted by atomic mass is 10.0. The fourth-order valence-electron chi connectivity index (χ4n) is 2.13. The largest absolute Gasteiger partial charge is 0.326 e. The average Bonchev–Trinajstić information content (AvgIpc) is 2.39. The number of nitrogens with one attached hydrogen (secondary N) is 2. The highest BCUT2D eigenvalue weighted by atomic mass is 16.1. The number of hydrogen-bond donors (Lipinski definition) is 2. The van der Waals surface area contributed by atoms with Gasteiger partial charge in [-0.3, -0.25) is 4.79 Å². The molecule has 0 saturated carbocycles. The van der Waals surface area contributed by atoms with Gasteiger partial charge in [-0.05, 0) is 37.1 Å². The molecule has 0 aliphatic carbocycles. The predicted molar refractivity (Wildman–Crippen MR) is 81.2 cm³/mol. The third-order valence-corrected chi connectivity index (χ3v) is 3.57. The van der Waals surface area contributed by atoms with E-state index in [0.717, 1.165) is 18.2 Å². The Kier molecular flexibility index (Phi) is 6.57. The van der Waals surface area contributed by atoms with E-state index in [1.165, 1.54) is 25.3 Å². The van der Waals surface area contributed by atoms with Crippen molar-refractivity contribution < 1.29 is 4.79 Å². The second kappa shape index (κ2) is 7.95. The second-order valence-electron chi connectivity index (χ2n) is 5.12. The van der Waals surface area contributed by atoms with Gasteiger partial charge >= 0.3 is 0 Å². The van der Waals surface area contributed by atoms with Gasteiger partial charge < -0.3 is 10.6 Å². The van der Waals surface area contributed by atoms with Crippen molar-refractivity contribution in [3.63, 3.8) is 0 Å². The highest BCUT2D eigenvalue weighted by Gasteiger charge is 2.09. The summed E-state index contributed by atoms with van der Waals surface area (Å²) in [5.74, 6) is 0.704. The SMILES string of the molecule is CCC(CC)CNC(C)c1cccc(NC(C)=O)c1. The molecule has 0 spiro atoms. The smallest absolute Gasteiger partial charge is 0.221 e. The minimum atomic E-state index is -0.0326. The van der Waals surface area contributed by atoms with E-state index in [0.29, 0.717) is 6.04 Å². The Morgan fingerprint density at radius 2 is 1.95 bits per heavy atom. The van der Waals surface area contributed by atoms with E-state index in [4.69, 9.17) is 0 Å². The van der Waals surface area contributed by atoms with Crippen molar-refractivity contribution in [3.8, 4) is 0 Å².